The Kier molecular flexibility index (Phi) is 1.44. The molecular weight excluding hydrogens is 130 g/mol. The number of aliphatic hydroxyl groups is 1. The SMILES string of the molecule is CC1CC(F)(F)C(O)O1. The lowest BCUT2D eigenvalue weighted by Gasteiger charge is -2.09. The molecule has 2 atom stereocenters. The smallest absolute Gasteiger partial charge is 0.300 e. The maximum absolute atomic E-state index is 12.2. The van der Waals surface area contributed by atoms with E-state index in [0.29, 0.717) is 0 Å². The molecule has 1 N–H and O–H groups in total. The monoisotopic (exact) mass is 138 g/mol. The summed E-state index contributed by atoms with van der Waals surface area (Å²) in [5.74, 6) is -3.04. The molecule has 0 saturated carbocycles. The van der Waals surface area contributed by atoms with E-state index in [1.807, 2.05) is 0 Å². The van der Waals surface area contributed by atoms with Crippen LogP contribution in [0.1, 0.15) is 13.3 Å². The average Bonchev–Trinajstić information content (AvgIpc) is 1.79. The van der Waals surface area contributed by atoms with Gasteiger partial charge >= 0.3 is 0 Å². The Morgan fingerprint density at radius 3 is 2.33 bits per heavy atom. The molecule has 0 radical (unpaired) electrons. The highest BCUT2D eigenvalue weighted by Crippen LogP contribution is 2.33. The van der Waals surface area contributed by atoms with E-state index in [1.54, 1.807) is 0 Å². The van der Waals surface area contributed by atoms with Gasteiger partial charge < -0.3 is 9.84 Å². The lowest BCUT2D eigenvalue weighted by Crippen LogP contribution is -2.27. The first-order valence-corrected chi connectivity index (χ1v) is 2.74. The normalized spacial score (nSPS) is 41.3. The minimum atomic E-state index is -3.04. The highest BCUT2D eigenvalue weighted by molar-refractivity contribution is 4.80. The largest absolute Gasteiger partial charge is 0.363 e. The highest BCUT2D eigenvalue weighted by atomic mass is 19.3. The fourth-order valence-corrected chi connectivity index (χ4v) is 0.852. The van der Waals surface area contributed by atoms with Crippen molar-refractivity contribution in [3.63, 3.8) is 0 Å². The molecule has 1 rings (SSSR count). The molecule has 0 aliphatic carbocycles. The molecular formula is C5H8F2O2. The van der Waals surface area contributed by atoms with Gasteiger partial charge in [-0.3, -0.25) is 0 Å². The van der Waals surface area contributed by atoms with Crippen molar-refractivity contribution < 1.29 is 18.6 Å². The Morgan fingerprint density at radius 2 is 2.22 bits per heavy atom. The standard InChI is InChI=1S/C5H8F2O2/c1-3-2-5(6,7)4(8)9-3/h3-4,8H,2H2,1H3. The molecule has 54 valence electrons. The van der Waals surface area contributed by atoms with Crippen LogP contribution in [0.2, 0.25) is 0 Å². The number of alkyl halides is 2. The second kappa shape index (κ2) is 1.88. The number of hydrogen-bond acceptors (Lipinski definition) is 2. The van der Waals surface area contributed by atoms with Crippen LogP contribution in [0, 0.1) is 0 Å². The summed E-state index contributed by atoms with van der Waals surface area (Å²) in [6.45, 7) is 1.50. The highest BCUT2D eigenvalue weighted by Gasteiger charge is 2.47. The molecule has 1 heterocycles. The summed E-state index contributed by atoms with van der Waals surface area (Å²) in [4.78, 5) is 0. The summed E-state index contributed by atoms with van der Waals surface area (Å²) in [6, 6.07) is 0. The predicted octanol–water partition coefficient (Wildman–Crippen LogP) is 0.749. The van der Waals surface area contributed by atoms with Crippen LogP contribution in [-0.4, -0.2) is 23.4 Å². The third-order valence-corrected chi connectivity index (χ3v) is 1.28. The van der Waals surface area contributed by atoms with Gasteiger partial charge in [0.25, 0.3) is 5.92 Å². The minimum absolute atomic E-state index is 0.381. The van der Waals surface area contributed by atoms with E-state index >= 15 is 0 Å². The fourth-order valence-electron chi connectivity index (χ4n) is 0.852. The van der Waals surface area contributed by atoms with Gasteiger partial charge in [-0.2, -0.15) is 0 Å². The molecule has 1 saturated heterocycles. The molecule has 0 aromatic rings. The van der Waals surface area contributed by atoms with Crippen molar-refractivity contribution in [1.29, 1.82) is 0 Å². The summed E-state index contributed by atoms with van der Waals surface area (Å²) >= 11 is 0. The second-order valence-corrected chi connectivity index (χ2v) is 2.26. The molecule has 1 aliphatic rings. The zero-order valence-corrected chi connectivity index (χ0v) is 4.97. The lowest BCUT2D eigenvalue weighted by molar-refractivity contribution is -0.185. The van der Waals surface area contributed by atoms with Crippen LogP contribution in [0.15, 0.2) is 0 Å². The Balaban J connectivity index is 2.58. The molecule has 9 heavy (non-hydrogen) atoms. The topological polar surface area (TPSA) is 29.5 Å². The van der Waals surface area contributed by atoms with E-state index in [9.17, 15) is 8.78 Å². The summed E-state index contributed by atoms with van der Waals surface area (Å²) in [7, 11) is 0. The molecule has 1 fully saturated rings. The first-order valence-electron chi connectivity index (χ1n) is 2.74. The molecule has 2 nitrogen and oxygen atoms in total. The summed E-state index contributed by atoms with van der Waals surface area (Å²) in [6.07, 6.45) is -2.81. The Morgan fingerprint density at radius 1 is 1.67 bits per heavy atom. The number of aliphatic hydroxyl groups excluding tert-OH is 1. The van der Waals surface area contributed by atoms with Crippen LogP contribution in [-0.2, 0) is 4.74 Å². The first kappa shape index (κ1) is 6.89. The van der Waals surface area contributed by atoms with Crippen LogP contribution in [0.4, 0.5) is 8.78 Å². The summed E-state index contributed by atoms with van der Waals surface area (Å²) in [5.41, 5.74) is 0. The number of rotatable bonds is 0. The summed E-state index contributed by atoms with van der Waals surface area (Å²) in [5, 5.41) is 8.46. The maximum Gasteiger partial charge on any atom is 0.300 e. The van der Waals surface area contributed by atoms with Gasteiger partial charge in [0.15, 0.2) is 0 Å². The van der Waals surface area contributed by atoms with Crippen molar-refractivity contribution in [1.82, 2.24) is 0 Å². The van der Waals surface area contributed by atoms with Crippen molar-refractivity contribution in [2.75, 3.05) is 0 Å². The van der Waals surface area contributed by atoms with E-state index in [1.165, 1.54) is 6.92 Å². The molecule has 2 unspecified atom stereocenters. The van der Waals surface area contributed by atoms with Crippen LogP contribution in [0.25, 0.3) is 0 Å². The van der Waals surface area contributed by atoms with E-state index in [2.05, 4.69) is 4.74 Å². The second-order valence-electron chi connectivity index (χ2n) is 2.26. The third kappa shape index (κ3) is 1.19. The van der Waals surface area contributed by atoms with Gasteiger partial charge in [0, 0.05) is 6.42 Å². The van der Waals surface area contributed by atoms with Gasteiger partial charge in [-0.05, 0) is 6.92 Å². The molecule has 4 heteroatoms. The fraction of sp³-hybridized carbons (Fsp3) is 1.00. The van der Waals surface area contributed by atoms with E-state index in [0.717, 1.165) is 0 Å². The molecule has 0 aromatic carbocycles. The van der Waals surface area contributed by atoms with Crippen LogP contribution < -0.4 is 0 Å². The van der Waals surface area contributed by atoms with E-state index < -0.39 is 18.3 Å². The zero-order chi connectivity index (χ0) is 7.07. The van der Waals surface area contributed by atoms with E-state index in [-0.39, 0.29) is 6.42 Å². The van der Waals surface area contributed by atoms with Crippen molar-refractivity contribution in [3.05, 3.63) is 0 Å². The van der Waals surface area contributed by atoms with Crippen molar-refractivity contribution in [3.8, 4) is 0 Å². The van der Waals surface area contributed by atoms with Gasteiger partial charge in [-0.1, -0.05) is 0 Å². The molecule has 0 aromatic heterocycles. The summed E-state index contributed by atoms with van der Waals surface area (Å²) < 4.78 is 28.8. The first-order chi connectivity index (χ1) is 4.02. The van der Waals surface area contributed by atoms with Crippen LogP contribution >= 0.6 is 0 Å². The zero-order valence-electron chi connectivity index (χ0n) is 4.97. The number of ether oxygens (including phenoxy) is 1. The number of hydrogen-bond donors (Lipinski definition) is 1. The average molecular weight is 138 g/mol. The predicted molar refractivity (Wildman–Crippen MR) is 26.1 cm³/mol. The molecule has 0 amide bonds. The van der Waals surface area contributed by atoms with E-state index in [4.69, 9.17) is 5.11 Å². The molecule has 1 aliphatic heterocycles. The van der Waals surface area contributed by atoms with Crippen molar-refractivity contribution >= 4 is 0 Å². The third-order valence-electron chi connectivity index (χ3n) is 1.28. The van der Waals surface area contributed by atoms with Gasteiger partial charge in [0.1, 0.15) is 0 Å². The van der Waals surface area contributed by atoms with Gasteiger partial charge in [-0.15, -0.1) is 0 Å². The van der Waals surface area contributed by atoms with Crippen LogP contribution in [0.5, 0.6) is 0 Å². The Hall–Kier alpha value is -0.220. The van der Waals surface area contributed by atoms with Gasteiger partial charge in [0.2, 0.25) is 6.29 Å². The molecule has 0 bridgehead atoms. The van der Waals surface area contributed by atoms with Gasteiger partial charge in [-0.25, -0.2) is 8.78 Å². The quantitative estimate of drug-likeness (QED) is 0.535. The molecule has 0 spiro atoms. The Labute approximate surface area is 51.4 Å². The van der Waals surface area contributed by atoms with Crippen molar-refractivity contribution in [2.24, 2.45) is 0 Å². The number of halogens is 2. The Bertz CT molecular complexity index is 116. The minimum Gasteiger partial charge on any atom is -0.363 e. The van der Waals surface area contributed by atoms with Crippen LogP contribution in [0.3, 0.4) is 0 Å². The van der Waals surface area contributed by atoms with Gasteiger partial charge in [0.05, 0.1) is 6.10 Å². The van der Waals surface area contributed by atoms with Crippen molar-refractivity contribution in [2.45, 2.75) is 31.7 Å². The maximum atomic E-state index is 12.2. The lowest BCUT2D eigenvalue weighted by atomic mass is 10.2.